The van der Waals surface area contributed by atoms with Gasteiger partial charge < -0.3 is 28.5 Å². The van der Waals surface area contributed by atoms with Crippen molar-refractivity contribution < 1.29 is 23.4 Å². The molecule has 2 aliphatic carbocycles. The van der Waals surface area contributed by atoms with Gasteiger partial charge in [0.2, 0.25) is 0 Å². The number of carbonyl (C=O) groups excluding carboxylic acids is 1. The molecule has 1 saturated heterocycles. The number of anilines is 1. The number of aromatic nitrogens is 2. The molecule has 4 aliphatic rings. The lowest BCUT2D eigenvalue weighted by molar-refractivity contribution is -0.0705. The normalized spacial score (nSPS) is 23.8. The van der Waals surface area contributed by atoms with Gasteiger partial charge in [0.1, 0.15) is 18.2 Å². The SMILES string of the molecule is [C-]#[N+]C1(Cn2c(CN3CCN(c4cccc5c4OC(C)(c4ccc(C#N)cc4F)O5)C4CC43)nc3ccc(C(=O)OC)cc32)CC1. The second-order valence-electron chi connectivity index (χ2n) is 12.7. The standard InChI is InChI=1S/C35H31FN6O4/c1-34(23-9-7-21(18-37)15-24(23)36)45-30-6-4-5-26(32(30)46-34)41-14-13-40(28-17-29(28)41)19-31-39-25-10-8-22(33(43)44-3)16-27(25)42(31)20-35(38-2)11-12-35/h4-10,15-16,28-29H,11-14,17,19-20H2,1,3H3. The summed E-state index contributed by atoms with van der Waals surface area (Å²) in [6.45, 7) is 12.2. The van der Waals surface area contributed by atoms with Gasteiger partial charge in [0.15, 0.2) is 11.5 Å². The number of nitriles is 1. The van der Waals surface area contributed by atoms with E-state index >= 15 is 4.39 Å². The molecule has 4 aromatic rings. The van der Waals surface area contributed by atoms with Crippen LogP contribution in [-0.2, 0) is 23.6 Å². The van der Waals surface area contributed by atoms with Gasteiger partial charge in [-0.1, -0.05) is 6.07 Å². The van der Waals surface area contributed by atoms with Crippen LogP contribution in [0.4, 0.5) is 10.1 Å². The zero-order valence-electron chi connectivity index (χ0n) is 25.5. The summed E-state index contributed by atoms with van der Waals surface area (Å²) in [7, 11) is 1.37. The van der Waals surface area contributed by atoms with Crippen LogP contribution in [0.1, 0.15) is 53.5 Å². The van der Waals surface area contributed by atoms with Gasteiger partial charge in [0.25, 0.3) is 11.3 Å². The van der Waals surface area contributed by atoms with Crippen molar-refractivity contribution in [3.8, 4) is 17.6 Å². The molecule has 10 nitrogen and oxygen atoms in total. The van der Waals surface area contributed by atoms with E-state index in [1.54, 1.807) is 25.1 Å². The highest BCUT2D eigenvalue weighted by Crippen LogP contribution is 2.52. The van der Waals surface area contributed by atoms with Gasteiger partial charge in [0.05, 0.1) is 53.1 Å². The van der Waals surface area contributed by atoms with Gasteiger partial charge >= 0.3 is 5.97 Å². The van der Waals surface area contributed by atoms with Crippen molar-refractivity contribution in [2.75, 3.05) is 25.1 Å². The summed E-state index contributed by atoms with van der Waals surface area (Å²) in [5.41, 5.74) is 3.08. The summed E-state index contributed by atoms with van der Waals surface area (Å²) in [6.07, 6.45) is 2.70. The number of esters is 1. The fraction of sp³-hybridized carbons (Fsp3) is 0.371. The molecule has 0 radical (unpaired) electrons. The van der Waals surface area contributed by atoms with Gasteiger partial charge in [-0.25, -0.2) is 20.7 Å². The maximum atomic E-state index is 15.0. The van der Waals surface area contributed by atoms with Crippen LogP contribution < -0.4 is 14.4 Å². The minimum atomic E-state index is -1.36. The molecule has 3 fully saturated rings. The van der Waals surface area contributed by atoms with E-state index in [4.69, 9.17) is 31.0 Å². The Morgan fingerprint density at radius 3 is 2.76 bits per heavy atom. The number of piperazine rings is 1. The number of para-hydroxylation sites is 1. The zero-order chi connectivity index (χ0) is 31.8. The summed E-state index contributed by atoms with van der Waals surface area (Å²) in [6, 6.07) is 18.0. The Bertz CT molecular complexity index is 2010. The Morgan fingerprint density at radius 1 is 1.17 bits per heavy atom. The Balaban J connectivity index is 1.04. The fourth-order valence-electron chi connectivity index (χ4n) is 7.00. The highest BCUT2D eigenvalue weighted by atomic mass is 19.1. The highest BCUT2D eigenvalue weighted by molar-refractivity contribution is 5.93. The third-order valence-corrected chi connectivity index (χ3v) is 9.79. The number of hydrogen-bond donors (Lipinski definition) is 0. The predicted molar refractivity (Wildman–Crippen MR) is 166 cm³/mol. The lowest BCUT2D eigenvalue weighted by atomic mass is 10.0. The van der Waals surface area contributed by atoms with Crippen LogP contribution in [0.15, 0.2) is 54.6 Å². The first-order chi connectivity index (χ1) is 22.2. The number of rotatable bonds is 7. The minimum Gasteiger partial charge on any atom is -0.465 e. The summed E-state index contributed by atoms with van der Waals surface area (Å²) in [5, 5.41) is 9.16. The summed E-state index contributed by atoms with van der Waals surface area (Å²) < 4.78 is 34.7. The number of ether oxygens (including phenoxy) is 3. The third-order valence-electron chi connectivity index (χ3n) is 9.79. The number of imidazole rings is 1. The van der Waals surface area contributed by atoms with E-state index in [1.807, 2.05) is 36.4 Å². The Labute approximate surface area is 265 Å². The summed E-state index contributed by atoms with van der Waals surface area (Å²) in [5.74, 6) is -0.282. The maximum Gasteiger partial charge on any atom is 0.337 e. The van der Waals surface area contributed by atoms with Crippen molar-refractivity contribution in [3.63, 3.8) is 0 Å². The second kappa shape index (κ2) is 10.2. The largest absolute Gasteiger partial charge is 0.465 e. The number of nitrogens with zero attached hydrogens (tertiary/aromatic N) is 6. The number of halogens is 1. The van der Waals surface area contributed by atoms with Crippen LogP contribution in [0.2, 0.25) is 0 Å². The lowest BCUT2D eigenvalue weighted by Gasteiger charge is -2.36. The van der Waals surface area contributed by atoms with Gasteiger partial charge in [-0.05, 0) is 55.0 Å². The molecule has 3 heterocycles. The zero-order valence-corrected chi connectivity index (χ0v) is 25.5. The molecule has 2 saturated carbocycles. The summed E-state index contributed by atoms with van der Waals surface area (Å²) in [4.78, 5) is 26.0. The highest BCUT2D eigenvalue weighted by Gasteiger charge is 2.53. The van der Waals surface area contributed by atoms with Gasteiger partial charge in [-0.2, -0.15) is 5.26 Å². The first-order valence-corrected chi connectivity index (χ1v) is 15.4. The number of benzene rings is 3. The average molecular weight is 619 g/mol. The number of fused-ring (bicyclic) bond motifs is 3. The maximum absolute atomic E-state index is 15.0. The van der Waals surface area contributed by atoms with Crippen LogP contribution in [0.25, 0.3) is 15.9 Å². The van der Waals surface area contributed by atoms with Crippen molar-refractivity contribution >= 4 is 22.7 Å². The Hall–Kier alpha value is -5.13. The van der Waals surface area contributed by atoms with E-state index in [-0.39, 0.29) is 17.2 Å². The van der Waals surface area contributed by atoms with E-state index < -0.39 is 23.1 Å². The van der Waals surface area contributed by atoms with Crippen molar-refractivity contribution in [2.45, 2.75) is 62.7 Å². The molecule has 1 aromatic heterocycles. The minimum absolute atomic E-state index is 0.232. The molecule has 3 atom stereocenters. The molecule has 0 bridgehead atoms. The molecular weight excluding hydrogens is 587 g/mol. The van der Waals surface area contributed by atoms with Crippen LogP contribution in [0, 0.1) is 23.7 Å². The molecule has 11 heteroatoms. The number of hydrogen-bond acceptors (Lipinski definition) is 8. The average Bonchev–Trinajstić information content (AvgIpc) is 3.97. The first-order valence-electron chi connectivity index (χ1n) is 15.4. The van der Waals surface area contributed by atoms with Crippen LogP contribution in [0.5, 0.6) is 11.5 Å². The van der Waals surface area contributed by atoms with Crippen molar-refractivity contribution in [3.05, 3.63) is 94.3 Å². The molecule has 2 aliphatic heterocycles. The molecule has 0 spiro atoms. The monoisotopic (exact) mass is 618 g/mol. The smallest absolute Gasteiger partial charge is 0.337 e. The molecule has 0 amide bonds. The van der Waals surface area contributed by atoms with Crippen LogP contribution in [-0.4, -0.2) is 58.2 Å². The molecule has 3 aromatic carbocycles. The fourth-order valence-corrected chi connectivity index (χ4v) is 7.00. The predicted octanol–water partition coefficient (Wildman–Crippen LogP) is 5.39. The van der Waals surface area contributed by atoms with E-state index in [0.717, 1.165) is 54.9 Å². The topological polar surface area (TPSA) is 97.2 Å². The van der Waals surface area contributed by atoms with Gasteiger partial charge in [0, 0.05) is 44.9 Å². The van der Waals surface area contributed by atoms with Crippen molar-refractivity contribution in [1.82, 2.24) is 14.5 Å². The van der Waals surface area contributed by atoms with E-state index in [0.29, 0.717) is 36.2 Å². The molecular formula is C35H31FN6O4. The number of carbonyl (C=O) groups is 1. The van der Waals surface area contributed by atoms with Crippen molar-refractivity contribution in [2.24, 2.45) is 0 Å². The Kier molecular flexibility index (Phi) is 6.28. The third kappa shape index (κ3) is 4.53. The molecule has 232 valence electrons. The lowest BCUT2D eigenvalue weighted by Crippen LogP contribution is -2.46. The van der Waals surface area contributed by atoms with E-state index in [2.05, 4.69) is 19.2 Å². The number of methoxy groups -OCH3 is 1. The van der Waals surface area contributed by atoms with Gasteiger partial charge in [-0.15, -0.1) is 0 Å². The second-order valence-corrected chi connectivity index (χ2v) is 12.7. The Morgan fingerprint density at radius 2 is 2.02 bits per heavy atom. The summed E-state index contributed by atoms with van der Waals surface area (Å²) >= 11 is 0. The van der Waals surface area contributed by atoms with Crippen molar-refractivity contribution in [1.29, 1.82) is 5.26 Å². The van der Waals surface area contributed by atoms with Crippen LogP contribution in [0.3, 0.4) is 0 Å². The first kappa shape index (κ1) is 28.4. The molecule has 46 heavy (non-hydrogen) atoms. The van der Waals surface area contributed by atoms with Crippen LogP contribution >= 0.6 is 0 Å². The molecule has 3 unspecified atom stereocenters. The van der Waals surface area contributed by atoms with E-state index in [1.165, 1.54) is 13.2 Å². The van der Waals surface area contributed by atoms with Gasteiger partial charge in [-0.3, -0.25) is 4.90 Å². The van der Waals surface area contributed by atoms with E-state index in [9.17, 15) is 4.79 Å². The molecule has 8 rings (SSSR count). The quantitative estimate of drug-likeness (QED) is 0.201. The molecule has 0 N–H and O–H groups in total.